The van der Waals surface area contributed by atoms with Crippen LogP contribution in [-0.2, 0) is 17.9 Å². The number of carbonyl (C=O) groups excluding carboxylic acids is 1. The molecule has 1 aliphatic rings. The lowest BCUT2D eigenvalue weighted by Crippen LogP contribution is -2.37. The SMILES string of the molecule is O=C(C1CCC(O)CC1)N(Cc1ccncc1)Cc1cccs1. The van der Waals surface area contributed by atoms with Crippen molar-refractivity contribution in [2.45, 2.75) is 44.9 Å². The molecule has 0 aromatic carbocycles. The van der Waals surface area contributed by atoms with Crippen LogP contribution in [-0.4, -0.2) is 27.0 Å². The summed E-state index contributed by atoms with van der Waals surface area (Å²) >= 11 is 1.68. The molecule has 0 radical (unpaired) electrons. The molecular weight excluding hydrogens is 308 g/mol. The van der Waals surface area contributed by atoms with E-state index >= 15 is 0 Å². The summed E-state index contributed by atoms with van der Waals surface area (Å²) in [7, 11) is 0. The maximum absolute atomic E-state index is 13.0. The van der Waals surface area contributed by atoms with Crippen LogP contribution in [0.3, 0.4) is 0 Å². The van der Waals surface area contributed by atoms with Gasteiger partial charge in [-0.3, -0.25) is 9.78 Å². The number of carbonyl (C=O) groups is 1. The first-order chi connectivity index (χ1) is 11.2. The quantitative estimate of drug-likeness (QED) is 0.916. The highest BCUT2D eigenvalue weighted by Crippen LogP contribution is 2.27. The predicted octanol–water partition coefficient (Wildman–Crippen LogP) is 3.22. The third-order valence-corrected chi connectivity index (χ3v) is 5.27. The van der Waals surface area contributed by atoms with Gasteiger partial charge >= 0.3 is 0 Å². The zero-order valence-electron chi connectivity index (χ0n) is 13.1. The zero-order valence-corrected chi connectivity index (χ0v) is 13.9. The Morgan fingerprint density at radius 3 is 2.57 bits per heavy atom. The van der Waals surface area contributed by atoms with Gasteiger partial charge in [-0.05, 0) is 54.8 Å². The van der Waals surface area contributed by atoms with E-state index in [0.29, 0.717) is 13.1 Å². The van der Waals surface area contributed by atoms with E-state index in [-0.39, 0.29) is 17.9 Å². The number of aliphatic hydroxyl groups excluding tert-OH is 1. The summed E-state index contributed by atoms with van der Waals surface area (Å²) in [6, 6.07) is 8.01. The number of rotatable bonds is 5. The van der Waals surface area contributed by atoms with E-state index in [1.807, 2.05) is 28.5 Å². The predicted molar refractivity (Wildman–Crippen MR) is 90.8 cm³/mol. The molecule has 4 nitrogen and oxygen atoms in total. The molecule has 0 saturated heterocycles. The van der Waals surface area contributed by atoms with Gasteiger partial charge in [0.2, 0.25) is 5.91 Å². The number of aromatic nitrogens is 1. The molecule has 0 atom stereocenters. The Morgan fingerprint density at radius 2 is 1.91 bits per heavy atom. The highest BCUT2D eigenvalue weighted by Gasteiger charge is 2.29. The van der Waals surface area contributed by atoms with Crippen LogP contribution in [0, 0.1) is 5.92 Å². The molecule has 1 aliphatic carbocycles. The second-order valence-corrected chi connectivity index (χ2v) is 7.17. The van der Waals surface area contributed by atoms with Gasteiger partial charge in [-0.15, -0.1) is 11.3 Å². The number of hydrogen-bond donors (Lipinski definition) is 1. The van der Waals surface area contributed by atoms with Gasteiger partial charge in [0.05, 0.1) is 12.6 Å². The smallest absolute Gasteiger partial charge is 0.226 e. The molecule has 0 spiro atoms. The molecule has 1 fully saturated rings. The normalized spacial score (nSPS) is 21.1. The van der Waals surface area contributed by atoms with Crippen molar-refractivity contribution in [3.05, 3.63) is 52.5 Å². The third-order valence-electron chi connectivity index (χ3n) is 4.41. The first-order valence-electron chi connectivity index (χ1n) is 8.10. The molecule has 1 N–H and O–H groups in total. The number of aliphatic hydroxyl groups is 1. The fourth-order valence-electron chi connectivity index (χ4n) is 3.09. The van der Waals surface area contributed by atoms with Crippen molar-refractivity contribution in [1.82, 2.24) is 9.88 Å². The van der Waals surface area contributed by atoms with Gasteiger partial charge in [0.25, 0.3) is 0 Å². The lowest BCUT2D eigenvalue weighted by atomic mass is 9.86. The molecule has 2 heterocycles. The van der Waals surface area contributed by atoms with E-state index in [9.17, 15) is 9.90 Å². The van der Waals surface area contributed by atoms with Gasteiger partial charge in [-0.2, -0.15) is 0 Å². The molecule has 1 amide bonds. The molecule has 23 heavy (non-hydrogen) atoms. The Kier molecular flexibility index (Phi) is 5.41. The van der Waals surface area contributed by atoms with Crippen molar-refractivity contribution in [1.29, 1.82) is 0 Å². The minimum Gasteiger partial charge on any atom is -0.393 e. The summed E-state index contributed by atoms with van der Waals surface area (Å²) in [6.45, 7) is 1.26. The van der Waals surface area contributed by atoms with Crippen molar-refractivity contribution in [3.63, 3.8) is 0 Å². The molecule has 0 bridgehead atoms. The van der Waals surface area contributed by atoms with E-state index in [1.165, 1.54) is 4.88 Å². The van der Waals surface area contributed by atoms with Crippen molar-refractivity contribution < 1.29 is 9.90 Å². The Hall–Kier alpha value is -1.72. The lowest BCUT2D eigenvalue weighted by molar-refractivity contribution is -0.138. The number of pyridine rings is 1. The maximum Gasteiger partial charge on any atom is 0.226 e. The van der Waals surface area contributed by atoms with Gasteiger partial charge in [0.1, 0.15) is 0 Å². The maximum atomic E-state index is 13.0. The van der Waals surface area contributed by atoms with Gasteiger partial charge in [-0.25, -0.2) is 0 Å². The third kappa shape index (κ3) is 4.39. The van der Waals surface area contributed by atoms with E-state index in [2.05, 4.69) is 11.1 Å². The van der Waals surface area contributed by atoms with Crippen LogP contribution in [0.2, 0.25) is 0 Å². The molecule has 3 rings (SSSR count). The van der Waals surface area contributed by atoms with Crippen LogP contribution in [0.5, 0.6) is 0 Å². The average molecular weight is 330 g/mol. The van der Waals surface area contributed by atoms with Crippen LogP contribution >= 0.6 is 11.3 Å². The molecule has 2 aromatic rings. The fourth-order valence-corrected chi connectivity index (χ4v) is 3.81. The minimum absolute atomic E-state index is 0.0419. The highest BCUT2D eigenvalue weighted by molar-refractivity contribution is 7.09. The summed E-state index contributed by atoms with van der Waals surface area (Å²) in [5, 5.41) is 11.7. The van der Waals surface area contributed by atoms with Gasteiger partial charge in [0.15, 0.2) is 0 Å². The second kappa shape index (κ2) is 7.70. The molecule has 0 aliphatic heterocycles. The van der Waals surface area contributed by atoms with Crippen LogP contribution in [0.25, 0.3) is 0 Å². The zero-order chi connectivity index (χ0) is 16.1. The Balaban J connectivity index is 1.72. The molecule has 1 saturated carbocycles. The first kappa shape index (κ1) is 16.1. The molecule has 0 unspecified atom stereocenters. The van der Waals surface area contributed by atoms with Gasteiger partial charge in [-0.1, -0.05) is 6.07 Å². The largest absolute Gasteiger partial charge is 0.393 e. The average Bonchev–Trinajstić information content (AvgIpc) is 3.08. The van der Waals surface area contributed by atoms with E-state index in [1.54, 1.807) is 23.7 Å². The Bertz CT molecular complexity index is 607. The number of hydrogen-bond acceptors (Lipinski definition) is 4. The number of amides is 1. The minimum atomic E-state index is -0.231. The highest BCUT2D eigenvalue weighted by atomic mass is 32.1. The standard InChI is InChI=1S/C18H22N2O2S/c21-16-5-3-15(4-6-16)18(22)20(13-17-2-1-11-23-17)12-14-7-9-19-10-8-14/h1-2,7-11,15-16,21H,3-6,12-13H2. The van der Waals surface area contributed by atoms with E-state index in [4.69, 9.17) is 0 Å². The molecule has 122 valence electrons. The monoisotopic (exact) mass is 330 g/mol. The van der Waals surface area contributed by atoms with Crippen LogP contribution < -0.4 is 0 Å². The fraction of sp³-hybridized carbons (Fsp3) is 0.444. The summed E-state index contributed by atoms with van der Waals surface area (Å²) in [4.78, 5) is 20.2. The van der Waals surface area contributed by atoms with Crippen molar-refractivity contribution >= 4 is 17.2 Å². The van der Waals surface area contributed by atoms with Crippen LogP contribution in [0.15, 0.2) is 42.0 Å². The lowest BCUT2D eigenvalue weighted by Gasteiger charge is -2.30. The van der Waals surface area contributed by atoms with Gasteiger partial charge < -0.3 is 10.0 Å². The summed E-state index contributed by atoms with van der Waals surface area (Å²) in [6.07, 6.45) is 6.34. The summed E-state index contributed by atoms with van der Waals surface area (Å²) < 4.78 is 0. The van der Waals surface area contributed by atoms with Crippen molar-refractivity contribution in [2.75, 3.05) is 0 Å². The molecular formula is C18H22N2O2S. The van der Waals surface area contributed by atoms with Crippen molar-refractivity contribution in [3.8, 4) is 0 Å². The topological polar surface area (TPSA) is 53.4 Å². The van der Waals surface area contributed by atoms with Crippen LogP contribution in [0.4, 0.5) is 0 Å². The number of nitrogens with zero attached hydrogens (tertiary/aromatic N) is 2. The van der Waals surface area contributed by atoms with Crippen molar-refractivity contribution in [2.24, 2.45) is 5.92 Å². The second-order valence-electron chi connectivity index (χ2n) is 6.13. The molecule has 2 aromatic heterocycles. The van der Waals surface area contributed by atoms with Gasteiger partial charge in [0, 0.05) is 29.7 Å². The first-order valence-corrected chi connectivity index (χ1v) is 8.98. The molecule has 5 heteroatoms. The van der Waals surface area contributed by atoms with Crippen LogP contribution in [0.1, 0.15) is 36.1 Å². The number of thiophene rings is 1. The van der Waals surface area contributed by atoms with E-state index < -0.39 is 0 Å². The Labute approximate surface area is 140 Å². The summed E-state index contributed by atoms with van der Waals surface area (Å²) in [5.74, 6) is 0.252. The Morgan fingerprint density at radius 1 is 1.17 bits per heavy atom. The van der Waals surface area contributed by atoms with E-state index in [0.717, 1.165) is 31.2 Å². The summed E-state index contributed by atoms with van der Waals surface area (Å²) in [5.41, 5.74) is 1.10.